The molecule has 5 rings (SSSR count). The summed E-state index contributed by atoms with van der Waals surface area (Å²) < 4.78 is 1.78. The molecule has 0 radical (unpaired) electrons. The minimum Gasteiger partial charge on any atom is -0.305 e. The van der Waals surface area contributed by atoms with Crippen LogP contribution in [0.25, 0.3) is 38.8 Å². The van der Waals surface area contributed by atoms with Crippen molar-refractivity contribution in [1.82, 2.24) is 19.7 Å². The molecule has 148 valence electrons. The number of hydrogen-bond acceptors (Lipinski definition) is 5. The molecular weight excluding hydrogens is 406 g/mol. The van der Waals surface area contributed by atoms with Gasteiger partial charge in [-0.05, 0) is 41.8 Å². The molecule has 6 nitrogen and oxygen atoms in total. The number of rotatable bonds is 4. The fraction of sp³-hybridized carbons (Fsp3) is 0. The molecule has 0 aliphatic heterocycles. The Labute approximate surface area is 181 Å². The number of fused-ring (bicyclic) bond motifs is 1. The van der Waals surface area contributed by atoms with Crippen LogP contribution in [0, 0.1) is 11.3 Å². The molecule has 0 saturated heterocycles. The Morgan fingerprint density at radius 1 is 1.06 bits per heavy atom. The van der Waals surface area contributed by atoms with Crippen LogP contribution in [0.4, 0.5) is 0 Å². The molecule has 31 heavy (non-hydrogen) atoms. The van der Waals surface area contributed by atoms with Crippen molar-refractivity contribution >= 4 is 33.9 Å². The van der Waals surface area contributed by atoms with E-state index in [1.807, 2.05) is 60.1 Å². The van der Waals surface area contributed by atoms with Gasteiger partial charge in [0.05, 0.1) is 27.0 Å². The van der Waals surface area contributed by atoms with Gasteiger partial charge >= 0.3 is 0 Å². The first-order valence-corrected chi connectivity index (χ1v) is 10.4. The van der Waals surface area contributed by atoms with E-state index in [4.69, 9.17) is 5.10 Å². The molecule has 5 aromatic rings. The van der Waals surface area contributed by atoms with Crippen LogP contribution in [0.5, 0.6) is 0 Å². The molecule has 2 aromatic carbocycles. The zero-order valence-electron chi connectivity index (χ0n) is 16.2. The van der Waals surface area contributed by atoms with Gasteiger partial charge in [0.15, 0.2) is 5.82 Å². The average molecular weight is 421 g/mol. The topological polar surface area (TPSA) is 87.4 Å². The summed E-state index contributed by atoms with van der Waals surface area (Å²) in [6, 6.07) is 23.0. The predicted octanol–water partition coefficient (Wildman–Crippen LogP) is 4.90. The Morgan fingerprint density at radius 3 is 2.65 bits per heavy atom. The highest BCUT2D eigenvalue weighted by Crippen LogP contribution is 2.30. The second-order valence-electron chi connectivity index (χ2n) is 6.79. The van der Waals surface area contributed by atoms with E-state index < -0.39 is 0 Å². The molecule has 0 unspecified atom stereocenters. The van der Waals surface area contributed by atoms with Crippen LogP contribution in [0.2, 0.25) is 0 Å². The van der Waals surface area contributed by atoms with Crippen molar-refractivity contribution in [3.8, 4) is 22.3 Å². The lowest BCUT2D eigenvalue weighted by atomic mass is 10.1. The van der Waals surface area contributed by atoms with Gasteiger partial charge in [-0.15, -0.1) is 11.3 Å². The van der Waals surface area contributed by atoms with Crippen molar-refractivity contribution in [2.24, 2.45) is 0 Å². The van der Waals surface area contributed by atoms with E-state index in [-0.39, 0.29) is 17.0 Å². The third kappa shape index (κ3) is 3.56. The summed E-state index contributed by atoms with van der Waals surface area (Å²) in [5.74, 6) is 0.232. The summed E-state index contributed by atoms with van der Waals surface area (Å²) in [5, 5.41) is 17.1. The quantitative estimate of drug-likeness (QED) is 0.418. The van der Waals surface area contributed by atoms with Crippen LogP contribution in [0.15, 0.2) is 83.1 Å². The third-order valence-corrected chi connectivity index (χ3v) is 5.68. The van der Waals surface area contributed by atoms with Crippen molar-refractivity contribution in [1.29, 1.82) is 5.26 Å². The van der Waals surface area contributed by atoms with Gasteiger partial charge in [0, 0.05) is 11.8 Å². The minimum atomic E-state index is -0.278. The number of nitriles is 1. The molecule has 3 heterocycles. The molecule has 1 N–H and O–H groups in total. The van der Waals surface area contributed by atoms with E-state index in [1.165, 1.54) is 0 Å². The van der Waals surface area contributed by atoms with Crippen LogP contribution in [-0.2, 0) is 0 Å². The summed E-state index contributed by atoms with van der Waals surface area (Å²) in [6.45, 7) is 0. The Kier molecular flexibility index (Phi) is 4.75. The average Bonchev–Trinajstić information content (AvgIpc) is 3.48. The molecule has 0 saturated carbocycles. The first-order valence-electron chi connectivity index (χ1n) is 9.53. The van der Waals surface area contributed by atoms with Gasteiger partial charge in [-0.2, -0.15) is 10.4 Å². The maximum Gasteiger partial charge on any atom is 0.259 e. The van der Waals surface area contributed by atoms with Crippen molar-refractivity contribution in [3.05, 3.63) is 100 Å². The predicted molar refractivity (Wildman–Crippen MR) is 123 cm³/mol. The summed E-state index contributed by atoms with van der Waals surface area (Å²) in [4.78, 5) is 20.7. The number of nitrogens with one attached hydrogen (secondary N) is 1. The van der Waals surface area contributed by atoms with Gasteiger partial charge in [-0.25, -0.2) is 9.67 Å². The Morgan fingerprint density at radius 2 is 1.87 bits per heavy atom. The van der Waals surface area contributed by atoms with E-state index in [0.29, 0.717) is 10.9 Å². The third-order valence-electron chi connectivity index (χ3n) is 4.81. The second kappa shape index (κ2) is 7.86. The highest BCUT2D eigenvalue weighted by atomic mass is 32.1. The fourth-order valence-corrected chi connectivity index (χ4v) is 4.06. The summed E-state index contributed by atoms with van der Waals surface area (Å²) in [7, 11) is 0. The fourth-order valence-electron chi connectivity index (χ4n) is 3.33. The molecule has 0 aliphatic rings. The number of allylic oxidation sites excluding steroid dienone is 1. The number of aromatic amines is 1. The van der Waals surface area contributed by atoms with Gasteiger partial charge in [-0.3, -0.25) is 4.79 Å². The maximum atomic E-state index is 12.5. The Balaban J connectivity index is 1.68. The summed E-state index contributed by atoms with van der Waals surface area (Å²) in [5.41, 5.74) is 2.96. The van der Waals surface area contributed by atoms with E-state index in [2.05, 4.69) is 16.0 Å². The van der Waals surface area contributed by atoms with Crippen LogP contribution in [0.3, 0.4) is 0 Å². The van der Waals surface area contributed by atoms with E-state index in [0.717, 1.165) is 21.8 Å². The van der Waals surface area contributed by atoms with Gasteiger partial charge in [0.25, 0.3) is 5.56 Å². The summed E-state index contributed by atoms with van der Waals surface area (Å²) >= 11 is 1.57. The SMILES string of the molecule is N#CC(=Cc1cn(-c2ccccc2)nc1-c1cccs1)c1nc2ccccc2c(=O)[nH]1. The molecule has 0 amide bonds. The summed E-state index contributed by atoms with van der Waals surface area (Å²) in [6.07, 6.45) is 3.59. The van der Waals surface area contributed by atoms with Crippen LogP contribution in [-0.4, -0.2) is 19.7 Å². The van der Waals surface area contributed by atoms with Crippen molar-refractivity contribution in [3.63, 3.8) is 0 Å². The first-order chi connectivity index (χ1) is 15.2. The van der Waals surface area contributed by atoms with Crippen molar-refractivity contribution in [2.45, 2.75) is 0 Å². The lowest BCUT2D eigenvalue weighted by Crippen LogP contribution is -2.11. The van der Waals surface area contributed by atoms with E-state index in [9.17, 15) is 10.1 Å². The monoisotopic (exact) mass is 421 g/mol. The number of benzene rings is 2. The zero-order chi connectivity index (χ0) is 21.2. The van der Waals surface area contributed by atoms with Crippen LogP contribution >= 0.6 is 11.3 Å². The second-order valence-corrected chi connectivity index (χ2v) is 7.74. The van der Waals surface area contributed by atoms with Gasteiger partial charge in [-0.1, -0.05) is 36.4 Å². The highest BCUT2D eigenvalue weighted by Gasteiger charge is 2.15. The Bertz CT molecular complexity index is 1510. The number of aromatic nitrogens is 4. The van der Waals surface area contributed by atoms with Gasteiger partial charge in [0.2, 0.25) is 0 Å². The van der Waals surface area contributed by atoms with Crippen molar-refractivity contribution < 1.29 is 0 Å². The number of thiophene rings is 1. The number of H-pyrrole nitrogens is 1. The highest BCUT2D eigenvalue weighted by molar-refractivity contribution is 7.13. The first kappa shape index (κ1) is 18.7. The smallest absolute Gasteiger partial charge is 0.259 e. The van der Waals surface area contributed by atoms with E-state index in [1.54, 1.807) is 40.3 Å². The molecule has 0 aliphatic carbocycles. The molecule has 0 bridgehead atoms. The molecule has 0 spiro atoms. The van der Waals surface area contributed by atoms with Crippen LogP contribution < -0.4 is 5.56 Å². The molecule has 7 heteroatoms. The zero-order valence-corrected chi connectivity index (χ0v) is 17.0. The minimum absolute atomic E-state index is 0.232. The normalized spacial score (nSPS) is 11.5. The Hall–Kier alpha value is -4.28. The van der Waals surface area contributed by atoms with Gasteiger partial charge < -0.3 is 4.98 Å². The van der Waals surface area contributed by atoms with E-state index >= 15 is 0 Å². The van der Waals surface area contributed by atoms with Gasteiger partial charge in [0.1, 0.15) is 11.8 Å². The molecule has 3 aromatic heterocycles. The van der Waals surface area contributed by atoms with Crippen molar-refractivity contribution in [2.75, 3.05) is 0 Å². The molecular formula is C24H15N5OS. The largest absolute Gasteiger partial charge is 0.305 e. The number of hydrogen-bond donors (Lipinski definition) is 1. The lowest BCUT2D eigenvalue weighted by molar-refractivity contribution is 0.885. The number of nitrogens with zero attached hydrogens (tertiary/aromatic N) is 4. The maximum absolute atomic E-state index is 12.5. The molecule has 0 fully saturated rings. The van der Waals surface area contributed by atoms with Crippen LogP contribution in [0.1, 0.15) is 11.4 Å². The molecule has 0 atom stereocenters. The lowest BCUT2D eigenvalue weighted by Gasteiger charge is -2.02. The number of para-hydroxylation sites is 2. The standard InChI is InChI=1S/C24H15N5OS/c25-14-16(23-26-20-10-5-4-9-19(20)24(30)27-23)13-17-15-29(18-7-2-1-3-8-18)28-22(17)21-11-6-12-31-21/h1-13,15H,(H,26,27,30).